The number of piperidine rings is 1. The Morgan fingerprint density at radius 1 is 1.07 bits per heavy atom. The largest absolute Gasteiger partial charge is 0.453 e. The Labute approximate surface area is 330 Å². The lowest BCUT2D eigenvalue weighted by Crippen LogP contribution is -2.57. The maximum absolute atomic E-state index is 13.9. The number of aromatic nitrogens is 3. The van der Waals surface area contributed by atoms with Crippen LogP contribution in [0.3, 0.4) is 0 Å². The second kappa shape index (κ2) is 15.8. The van der Waals surface area contributed by atoms with Crippen molar-refractivity contribution in [2.75, 3.05) is 56.2 Å². The number of fused-ring (bicyclic) bond motifs is 1. The van der Waals surface area contributed by atoms with Crippen LogP contribution in [0, 0.1) is 27.4 Å². The number of amides is 1. The zero-order valence-corrected chi connectivity index (χ0v) is 32.9. The van der Waals surface area contributed by atoms with Crippen molar-refractivity contribution in [2.45, 2.75) is 69.2 Å². The lowest BCUT2D eigenvalue weighted by Gasteiger charge is -2.56. The molecule has 2 aliphatic carbocycles. The number of sulfonamides is 1. The van der Waals surface area contributed by atoms with Crippen LogP contribution in [0.15, 0.2) is 53.7 Å². The van der Waals surface area contributed by atoms with E-state index < -0.39 is 31.4 Å². The van der Waals surface area contributed by atoms with Gasteiger partial charge in [-0.15, -0.1) is 0 Å². The fraction of sp³-hybridized carbons (Fsp3) is 0.513. The van der Waals surface area contributed by atoms with Crippen molar-refractivity contribution in [3.63, 3.8) is 0 Å². The number of morpholine rings is 1. The van der Waals surface area contributed by atoms with Crippen molar-refractivity contribution in [3.05, 3.63) is 69.6 Å². The lowest BCUT2D eigenvalue weighted by atomic mass is 9.60. The van der Waals surface area contributed by atoms with Gasteiger partial charge in [0.2, 0.25) is 5.82 Å². The molecule has 2 saturated heterocycles. The first-order valence-corrected chi connectivity index (χ1v) is 21.3. The minimum absolute atomic E-state index is 0.0205. The van der Waals surface area contributed by atoms with Crippen LogP contribution in [0.2, 0.25) is 5.15 Å². The van der Waals surface area contributed by atoms with Gasteiger partial charge in [0.1, 0.15) is 16.3 Å². The summed E-state index contributed by atoms with van der Waals surface area (Å²) >= 11 is 6.52. The number of nitro groups is 1. The fourth-order valence-corrected chi connectivity index (χ4v) is 9.87. The van der Waals surface area contributed by atoms with Crippen molar-refractivity contribution < 1.29 is 27.6 Å². The molecule has 8 rings (SSSR count). The van der Waals surface area contributed by atoms with Gasteiger partial charge in [-0.2, -0.15) is 0 Å². The SMILES string of the molecule is CC1CCC(CNc2ncc(S(=O)(=O)NC(=O)c3ccc(N4CCC5(CC4)CC(N4CCOCC4)C5)cc3Oc3cc4cc[nH]c4nc3Cl)cc2[N+](=O)[O-])CC1. The lowest BCUT2D eigenvalue weighted by molar-refractivity contribution is -0.384. The summed E-state index contributed by atoms with van der Waals surface area (Å²) in [6, 6.07) is 10.0. The molecule has 1 spiro atoms. The average Bonchev–Trinajstić information content (AvgIpc) is 3.64. The number of anilines is 2. The van der Waals surface area contributed by atoms with Crippen LogP contribution in [0.4, 0.5) is 17.2 Å². The third-order valence-electron chi connectivity index (χ3n) is 12.2. The van der Waals surface area contributed by atoms with Crippen molar-refractivity contribution in [3.8, 4) is 11.5 Å². The van der Waals surface area contributed by atoms with Crippen LogP contribution in [0.1, 0.15) is 68.6 Å². The number of pyridine rings is 2. The highest BCUT2D eigenvalue weighted by Gasteiger charge is 2.48. The van der Waals surface area contributed by atoms with Gasteiger partial charge in [0.25, 0.3) is 15.9 Å². The Hall–Kier alpha value is -4.51. The molecular formula is C39H47ClN8O7S. The molecule has 4 fully saturated rings. The zero-order valence-electron chi connectivity index (χ0n) is 31.3. The predicted molar refractivity (Wildman–Crippen MR) is 212 cm³/mol. The molecule has 0 radical (unpaired) electrons. The summed E-state index contributed by atoms with van der Waals surface area (Å²) in [6.07, 6.45) is 11.4. The van der Waals surface area contributed by atoms with Gasteiger partial charge < -0.3 is 24.7 Å². The third-order valence-corrected chi connectivity index (χ3v) is 13.8. The average molecular weight is 807 g/mol. The molecule has 4 aromatic rings. The zero-order chi connectivity index (χ0) is 39.0. The number of hydrogen-bond acceptors (Lipinski definition) is 12. The Morgan fingerprint density at radius 2 is 1.82 bits per heavy atom. The van der Waals surface area contributed by atoms with Crippen LogP contribution in [0.25, 0.3) is 11.0 Å². The first-order valence-electron chi connectivity index (χ1n) is 19.4. The van der Waals surface area contributed by atoms with Gasteiger partial charge in [-0.05, 0) is 80.0 Å². The van der Waals surface area contributed by atoms with Crippen LogP contribution in [0.5, 0.6) is 11.5 Å². The molecule has 1 aromatic carbocycles. The molecule has 17 heteroatoms. The van der Waals surface area contributed by atoms with Crippen LogP contribution in [-0.4, -0.2) is 91.1 Å². The standard InChI is InChI=1S/C39H47ClN8O7S/c1-25-2-4-26(5-3-25)23-42-37-32(48(50)51)20-30(24-43-37)56(52,53)45-38(49)31-7-6-28(19-33(31)55-34-18-27-8-11-41-36(27)44-35(34)40)46-12-9-39(10-13-46)21-29(22-39)47-14-16-54-17-15-47/h6-8,11,18-20,24-26,29H,2-5,9-10,12-17,21-23H2,1H3,(H,41,44)(H,42,43)(H,45,49). The number of ether oxygens (including phenoxy) is 2. The number of nitrogens with one attached hydrogen (secondary N) is 3. The van der Waals surface area contributed by atoms with E-state index in [0.717, 1.165) is 101 Å². The molecule has 0 unspecified atom stereocenters. The van der Waals surface area contributed by atoms with Crippen LogP contribution >= 0.6 is 11.6 Å². The molecule has 0 atom stereocenters. The van der Waals surface area contributed by atoms with Crippen molar-refractivity contribution >= 4 is 55.8 Å². The minimum atomic E-state index is -4.61. The van der Waals surface area contributed by atoms with Crippen LogP contribution < -0.4 is 19.7 Å². The monoisotopic (exact) mass is 806 g/mol. The number of aromatic amines is 1. The summed E-state index contributed by atoms with van der Waals surface area (Å²) < 4.78 is 41.1. The number of halogens is 1. The van der Waals surface area contributed by atoms with Gasteiger partial charge in [0.15, 0.2) is 10.9 Å². The topological polar surface area (TPSA) is 185 Å². The smallest absolute Gasteiger partial charge is 0.312 e. The van der Waals surface area contributed by atoms with E-state index in [2.05, 4.69) is 41.7 Å². The third kappa shape index (κ3) is 8.15. The second-order valence-corrected chi connectivity index (χ2v) is 18.0. The highest BCUT2D eigenvalue weighted by Crippen LogP contribution is 2.51. The van der Waals surface area contributed by atoms with Crippen molar-refractivity contribution in [1.82, 2.24) is 24.6 Å². The number of nitrogens with zero attached hydrogens (tertiary/aromatic N) is 5. The van der Waals surface area contributed by atoms with Gasteiger partial charge in [-0.3, -0.25) is 19.8 Å². The normalized spacial score (nSPS) is 21.8. The van der Waals surface area contributed by atoms with E-state index >= 15 is 0 Å². The molecule has 3 aromatic heterocycles. The van der Waals surface area contributed by atoms with Gasteiger partial charge in [-0.1, -0.05) is 31.4 Å². The molecule has 0 bridgehead atoms. The van der Waals surface area contributed by atoms with Gasteiger partial charge >= 0.3 is 5.69 Å². The van der Waals surface area contributed by atoms with Gasteiger partial charge in [-0.25, -0.2) is 23.1 Å². The second-order valence-electron chi connectivity index (χ2n) is 15.9. The van der Waals surface area contributed by atoms with E-state index in [1.807, 2.05) is 0 Å². The molecular weight excluding hydrogens is 760 g/mol. The Balaban J connectivity index is 1.01. The number of hydrogen-bond donors (Lipinski definition) is 3. The molecule has 15 nitrogen and oxygen atoms in total. The quantitative estimate of drug-likeness (QED) is 0.0824. The molecule has 5 heterocycles. The number of H-pyrrole nitrogens is 1. The van der Waals surface area contributed by atoms with E-state index in [9.17, 15) is 23.3 Å². The maximum Gasteiger partial charge on any atom is 0.312 e. The molecule has 3 N–H and O–H groups in total. The van der Waals surface area contributed by atoms with Crippen molar-refractivity contribution in [2.24, 2.45) is 17.3 Å². The summed E-state index contributed by atoms with van der Waals surface area (Å²) in [6.45, 7) is 7.94. The Morgan fingerprint density at radius 3 is 2.55 bits per heavy atom. The van der Waals surface area contributed by atoms with E-state index in [0.29, 0.717) is 35.5 Å². The maximum atomic E-state index is 13.9. The highest BCUT2D eigenvalue weighted by atomic mass is 35.5. The number of rotatable bonds is 11. The minimum Gasteiger partial charge on any atom is -0.453 e. The summed E-state index contributed by atoms with van der Waals surface area (Å²) in [5, 5.41) is 15.9. The summed E-state index contributed by atoms with van der Waals surface area (Å²) in [5.41, 5.74) is 1.12. The molecule has 2 aliphatic heterocycles. The first-order chi connectivity index (χ1) is 26.9. The molecule has 4 aliphatic rings. The van der Waals surface area contributed by atoms with Crippen LogP contribution in [-0.2, 0) is 14.8 Å². The van der Waals surface area contributed by atoms with E-state index in [-0.39, 0.29) is 28.0 Å². The molecule has 298 valence electrons. The number of benzene rings is 1. The Bertz CT molecular complexity index is 2210. The first kappa shape index (κ1) is 38.4. The van der Waals surface area contributed by atoms with E-state index in [1.54, 1.807) is 30.5 Å². The molecule has 1 amide bonds. The van der Waals surface area contributed by atoms with Gasteiger partial charge in [0, 0.05) is 68.2 Å². The molecule has 56 heavy (non-hydrogen) atoms. The van der Waals surface area contributed by atoms with Gasteiger partial charge in [0.05, 0.1) is 29.9 Å². The predicted octanol–water partition coefficient (Wildman–Crippen LogP) is 6.75. The summed E-state index contributed by atoms with van der Waals surface area (Å²) in [4.78, 5) is 41.0. The summed E-state index contributed by atoms with van der Waals surface area (Å²) in [7, 11) is -4.61. The van der Waals surface area contributed by atoms with Crippen molar-refractivity contribution in [1.29, 1.82) is 0 Å². The fourth-order valence-electron chi connectivity index (χ4n) is 8.77. The number of carbonyl (C=O) groups excluding carboxylic acids is 1. The molecule has 2 saturated carbocycles. The summed E-state index contributed by atoms with van der Waals surface area (Å²) in [5.74, 6) is 0.248. The number of carbonyl (C=O) groups is 1. The van der Waals surface area contributed by atoms with E-state index in [1.165, 1.54) is 18.9 Å². The van der Waals surface area contributed by atoms with E-state index in [4.69, 9.17) is 21.1 Å². The highest BCUT2D eigenvalue weighted by molar-refractivity contribution is 7.90. The Kier molecular flexibility index (Phi) is 10.8.